The molecule has 4 heterocycles. The van der Waals surface area contributed by atoms with E-state index in [0.29, 0.717) is 11.9 Å². The Kier molecular flexibility index (Phi) is 6.42. The third-order valence-corrected chi connectivity index (χ3v) is 6.12. The second-order valence-electron chi connectivity index (χ2n) is 8.41. The molecule has 3 aromatic heterocycles. The first kappa shape index (κ1) is 21.2. The van der Waals surface area contributed by atoms with Crippen LogP contribution in [0.5, 0.6) is 0 Å². The highest BCUT2D eigenvalue weighted by Gasteiger charge is 2.29. The van der Waals surface area contributed by atoms with Crippen LogP contribution >= 0.6 is 0 Å². The summed E-state index contributed by atoms with van der Waals surface area (Å²) in [6.07, 6.45) is 8.95. The van der Waals surface area contributed by atoms with Gasteiger partial charge in [-0.2, -0.15) is 0 Å². The number of H-pyrrole nitrogens is 1. The topological polar surface area (TPSA) is 78.0 Å². The number of aryl methyl sites for hydroxylation is 3. The van der Waals surface area contributed by atoms with Crippen LogP contribution in [0.15, 0.2) is 43.0 Å². The van der Waals surface area contributed by atoms with Crippen molar-refractivity contribution in [1.82, 2.24) is 29.7 Å². The lowest BCUT2D eigenvalue weighted by Gasteiger charge is -2.38. The Morgan fingerprint density at radius 3 is 2.45 bits per heavy atom. The fourth-order valence-electron chi connectivity index (χ4n) is 4.26. The van der Waals surface area contributed by atoms with E-state index < -0.39 is 0 Å². The molecular formula is C24H30N6O. The van der Waals surface area contributed by atoms with E-state index in [1.54, 1.807) is 12.4 Å². The molecule has 1 amide bonds. The monoisotopic (exact) mass is 418 g/mol. The highest BCUT2D eigenvalue weighted by Crippen LogP contribution is 2.23. The van der Waals surface area contributed by atoms with Crippen molar-refractivity contribution in [2.24, 2.45) is 0 Å². The van der Waals surface area contributed by atoms with Gasteiger partial charge in [0.05, 0.1) is 11.4 Å². The predicted molar refractivity (Wildman–Crippen MR) is 119 cm³/mol. The molecule has 0 unspecified atom stereocenters. The van der Waals surface area contributed by atoms with Gasteiger partial charge in [-0.1, -0.05) is 12.1 Å². The van der Waals surface area contributed by atoms with Gasteiger partial charge in [-0.3, -0.25) is 19.7 Å². The summed E-state index contributed by atoms with van der Waals surface area (Å²) in [6, 6.07) is 6.65. The lowest BCUT2D eigenvalue weighted by molar-refractivity contribution is 0.0579. The Labute approximate surface area is 183 Å². The maximum Gasteiger partial charge on any atom is 0.289 e. The average molecular weight is 419 g/mol. The number of amides is 1. The van der Waals surface area contributed by atoms with Crippen molar-refractivity contribution in [2.75, 3.05) is 13.1 Å². The summed E-state index contributed by atoms with van der Waals surface area (Å²) in [4.78, 5) is 33.4. The van der Waals surface area contributed by atoms with Crippen molar-refractivity contribution in [3.63, 3.8) is 0 Å². The number of imidazole rings is 1. The molecule has 7 heteroatoms. The van der Waals surface area contributed by atoms with E-state index in [2.05, 4.69) is 52.8 Å². The molecule has 3 aromatic rings. The van der Waals surface area contributed by atoms with Crippen LogP contribution in [0.1, 0.15) is 51.5 Å². The molecule has 0 atom stereocenters. The van der Waals surface area contributed by atoms with Gasteiger partial charge in [-0.25, -0.2) is 4.98 Å². The summed E-state index contributed by atoms with van der Waals surface area (Å²) in [7, 11) is 0. The smallest absolute Gasteiger partial charge is 0.289 e. The molecule has 0 spiro atoms. The molecule has 0 aromatic carbocycles. The fourth-order valence-corrected chi connectivity index (χ4v) is 4.26. The molecule has 4 rings (SSSR count). The van der Waals surface area contributed by atoms with E-state index in [-0.39, 0.29) is 5.91 Å². The number of piperidine rings is 1. The molecule has 1 N–H and O–H groups in total. The summed E-state index contributed by atoms with van der Waals surface area (Å²) >= 11 is 0. The zero-order valence-electron chi connectivity index (χ0n) is 18.5. The SMILES string of the molecule is Cc1cnc(CN(Cc2ncccc2C)C2CCN(C(=O)c3ncc[nH]3)CC2)c(C)c1. The molecular weight excluding hydrogens is 388 g/mol. The van der Waals surface area contributed by atoms with Crippen LogP contribution in [-0.4, -0.2) is 54.8 Å². The standard InChI is InChI=1S/C24H30N6O/c1-17-13-19(3)22(28-14-17)16-30(15-21-18(2)5-4-8-25-21)20-6-11-29(12-7-20)24(31)23-26-9-10-27-23/h4-5,8-10,13-14,20H,6-7,11-12,15-16H2,1-3H3,(H,26,27). The first-order chi connectivity index (χ1) is 15.0. The fraction of sp³-hybridized carbons (Fsp3) is 0.417. The Bertz CT molecular complexity index is 1020. The number of rotatable bonds is 6. The molecule has 0 bridgehead atoms. The third kappa shape index (κ3) is 4.99. The Hall–Kier alpha value is -3.06. The van der Waals surface area contributed by atoms with Crippen molar-refractivity contribution in [3.8, 4) is 0 Å². The molecule has 1 fully saturated rings. The molecule has 1 aliphatic rings. The lowest BCUT2D eigenvalue weighted by Crippen LogP contribution is -2.46. The van der Waals surface area contributed by atoms with Crippen LogP contribution in [0.2, 0.25) is 0 Å². The number of aromatic amines is 1. The minimum atomic E-state index is -0.0217. The number of pyridine rings is 2. The van der Waals surface area contributed by atoms with Crippen molar-refractivity contribution in [1.29, 1.82) is 0 Å². The van der Waals surface area contributed by atoms with Crippen LogP contribution in [0.4, 0.5) is 0 Å². The molecule has 0 radical (unpaired) electrons. The van der Waals surface area contributed by atoms with Gasteiger partial charge in [-0.05, 0) is 56.4 Å². The molecule has 162 valence electrons. The average Bonchev–Trinajstić information content (AvgIpc) is 3.31. The predicted octanol–water partition coefficient (Wildman–Crippen LogP) is 3.43. The van der Waals surface area contributed by atoms with Crippen LogP contribution in [0.3, 0.4) is 0 Å². The summed E-state index contributed by atoms with van der Waals surface area (Å²) in [6.45, 7) is 9.32. The number of carbonyl (C=O) groups excluding carboxylic acids is 1. The summed E-state index contributed by atoms with van der Waals surface area (Å²) in [5.41, 5.74) is 5.80. The van der Waals surface area contributed by atoms with E-state index >= 15 is 0 Å². The van der Waals surface area contributed by atoms with Crippen LogP contribution in [-0.2, 0) is 13.1 Å². The van der Waals surface area contributed by atoms with E-state index in [9.17, 15) is 4.79 Å². The van der Waals surface area contributed by atoms with E-state index in [1.165, 1.54) is 16.7 Å². The van der Waals surface area contributed by atoms with E-state index in [0.717, 1.165) is 50.4 Å². The van der Waals surface area contributed by atoms with Crippen LogP contribution < -0.4 is 0 Å². The van der Waals surface area contributed by atoms with Gasteiger partial charge in [0.15, 0.2) is 5.82 Å². The maximum absolute atomic E-state index is 12.6. The highest BCUT2D eigenvalue weighted by atomic mass is 16.2. The normalized spacial score (nSPS) is 14.9. The zero-order chi connectivity index (χ0) is 21.8. The molecule has 0 saturated carbocycles. The van der Waals surface area contributed by atoms with Gasteiger partial charge in [0.1, 0.15) is 0 Å². The van der Waals surface area contributed by atoms with Crippen molar-refractivity contribution in [2.45, 2.75) is 52.7 Å². The largest absolute Gasteiger partial charge is 0.341 e. The van der Waals surface area contributed by atoms with Crippen LogP contribution in [0, 0.1) is 20.8 Å². The Morgan fingerprint density at radius 2 is 1.81 bits per heavy atom. The van der Waals surface area contributed by atoms with Crippen molar-refractivity contribution >= 4 is 5.91 Å². The minimum absolute atomic E-state index is 0.0217. The Balaban J connectivity index is 1.50. The van der Waals surface area contributed by atoms with Crippen molar-refractivity contribution in [3.05, 3.63) is 76.9 Å². The summed E-state index contributed by atoms with van der Waals surface area (Å²) < 4.78 is 0. The summed E-state index contributed by atoms with van der Waals surface area (Å²) in [5, 5.41) is 0. The highest BCUT2D eigenvalue weighted by molar-refractivity contribution is 5.90. The number of hydrogen-bond donors (Lipinski definition) is 1. The lowest BCUT2D eigenvalue weighted by atomic mass is 10.0. The van der Waals surface area contributed by atoms with Gasteiger partial charge in [-0.15, -0.1) is 0 Å². The second kappa shape index (κ2) is 9.39. The quantitative estimate of drug-likeness (QED) is 0.664. The van der Waals surface area contributed by atoms with Gasteiger partial charge >= 0.3 is 0 Å². The Morgan fingerprint density at radius 1 is 1.06 bits per heavy atom. The first-order valence-electron chi connectivity index (χ1n) is 10.9. The molecule has 31 heavy (non-hydrogen) atoms. The van der Waals surface area contributed by atoms with E-state index in [4.69, 9.17) is 4.98 Å². The van der Waals surface area contributed by atoms with E-state index in [1.807, 2.05) is 23.4 Å². The number of nitrogens with zero attached hydrogens (tertiary/aromatic N) is 5. The van der Waals surface area contributed by atoms with Gasteiger partial charge < -0.3 is 9.88 Å². The number of aromatic nitrogens is 4. The number of hydrogen-bond acceptors (Lipinski definition) is 5. The second-order valence-corrected chi connectivity index (χ2v) is 8.41. The number of nitrogens with one attached hydrogen (secondary N) is 1. The molecule has 0 aliphatic carbocycles. The third-order valence-electron chi connectivity index (χ3n) is 6.12. The minimum Gasteiger partial charge on any atom is -0.341 e. The van der Waals surface area contributed by atoms with Crippen LogP contribution in [0.25, 0.3) is 0 Å². The van der Waals surface area contributed by atoms with Gasteiger partial charge in [0.2, 0.25) is 0 Å². The molecule has 1 saturated heterocycles. The molecule has 7 nitrogen and oxygen atoms in total. The first-order valence-corrected chi connectivity index (χ1v) is 10.9. The summed E-state index contributed by atoms with van der Waals surface area (Å²) in [5.74, 6) is 0.394. The zero-order valence-corrected chi connectivity index (χ0v) is 18.5. The van der Waals surface area contributed by atoms with Crippen molar-refractivity contribution < 1.29 is 4.79 Å². The molecule has 1 aliphatic heterocycles. The number of carbonyl (C=O) groups is 1. The van der Waals surface area contributed by atoms with Gasteiger partial charge in [0, 0.05) is 57.0 Å². The maximum atomic E-state index is 12.6. The number of likely N-dealkylation sites (tertiary alicyclic amines) is 1. The van der Waals surface area contributed by atoms with Gasteiger partial charge in [0.25, 0.3) is 5.91 Å².